The van der Waals surface area contributed by atoms with Crippen LogP contribution in [-0.2, 0) is 4.79 Å². The Hall–Kier alpha value is -0.790. The summed E-state index contributed by atoms with van der Waals surface area (Å²) in [4.78, 5) is 10.8. The van der Waals surface area contributed by atoms with Gasteiger partial charge in [0.25, 0.3) is 0 Å². The summed E-state index contributed by atoms with van der Waals surface area (Å²) < 4.78 is 0. The van der Waals surface area contributed by atoms with Gasteiger partial charge in [-0.2, -0.15) is 0 Å². The summed E-state index contributed by atoms with van der Waals surface area (Å²) >= 11 is 0. The van der Waals surface area contributed by atoms with Crippen molar-refractivity contribution in [1.82, 2.24) is 0 Å². The molecule has 0 radical (unpaired) electrons. The predicted octanol–water partition coefficient (Wildman–Crippen LogP) is 2.45. The van der Waals surface area contributed by atoms with Gasteiger partial charge in [-0.1, -0.05) is 26.0 Å². The van der Waals surface area contributed by atoms with Crippen LogP contribution in [-0.4, -0.2) is 11.1 Å². The van der Waals surface area contributed by atoms with Crippen LogP contribution in [0.2, 0.25) is 0 Å². The van der Waals surface area contributed by atoms with E-state index < -0.39 is 11.4 Å². The molecule has 2 heteroatoms. The predicted molar refractivity (Wildman–Crippen MR) is 45.5 cm³/mol. The number of carbonyl (C=O) groups is 1. The Bertz CT molecular complexity index is 155. The molecule has 0 unspecified atom stereocenters. The topological polar surface area (TPSA) is 37.3 Å². The van der Waals surface area contributed by atoms with E-state index in [1.54, 1.807) is 12.2 Å². The molecule has 0 aromatic heterocycles. The van der Waals surface area contributed by atoms with Crippen molar-refractivity contribution >= 4 is 5.97 Å². The summed E-state index contributed by atoms with van der Waals surface area (Å²) in [5.41, 5.74) is -0.630. The van der Waals surface area contributed by atoms with Crippen LogP contribution in [0, 0.1) is 5.41 Å². The average molecular weight is 156 g/mol. The van der Waals surface area contributed by atoms with Crippen molar-refractivity contribution in [2.45, 2.75) is 33.6 Å². The number of carboxylic acid groups (broad SMARTS) is 1. The molecule has 0 heterocycles. The van der Waals surface area contributed by atoms with Crippen molar-refractivity contribution in [1.29, 1.82) is 0 Å². The molecule has 0 bridgehead atoms. The Morgan fingerprint density at radius 2 is 1.91 bits per heavy atom. The standard InChI is InChI=1S/C9H16O2/c1-4-7-9(5-2,6-3)8(10)11/h4,7H,5-6H2,1-3H3,(H,10,11). The zero-order valence-electron chi connectivity index (χ0n) is 7.42. The summed E-state index contributed by atoms with van der Waals surface area (Å²) in [6.45, 7) is 5.65. The molecule has 0 aromatic carbocycles. The van der Waals surface area contributed by atoms with Crippen molar-refractivity contribution in [3.63, 3.8) is 0 Å². The quantitative estimate of drug-likeness (QED) is 0.635. The SMILES string of the molecule is CC=CC(CC)(CC)C(=O)O. The molecule has 0 fully saturated rings. The number of rotatable bonds is 4. The van der Waals surface area contributed by atoms with Crippen molar-refractivity contribution in [3.05, 3.63) is 12.2 Å². The third kappa shape index (κ3) is 2.07. The minimum Gasteiger partial charge on any atom is -0.481 e. The number of allylic oxidation sites excluding steroid dienone is 1. The van der Waals surface area contributed by atoms with Crippen molar-refractivity contribution in [2.75, 3.05) is 0 Å². The lowest BCUT2D eigenvalue weighted by atomic mass is 9.82. The highest BCUT2D eigenvalue weighted by molar-refractivity contribution is 5.76. The van der Waals surface area contributed by atoms with E-state index in [0.29, 0.717) is 12.8 Å². The smallest absolute Gasteiger partial charge is 0.313 e. The second-order valence-corrected chi connectivity index (χ2v) is 2.67. The third-order valence-electron chi connectivity index (χ3n) is 2.17. The molecule has 0 spiro atoms. The summed E-state index contributed by atoms with van der Waals surface area (Å²) in [7, 11) is 0. The third-order valence-corrected chi connectivity index (χ3v) is 2.17. The molecule has 0 saturated carbocycles. The first-order valence-corrected chi connectivity index (χ1v) is 4.00. The summed E-state index contributed by atoms with van der Waals surface area (Å²) in [6, 6.07) is 0. The normalized spacial score (nSPS) is 12.3. The van der Waals surface area contributed by atoms with Crippen LogP contribution in [0.5, 0.6) is 0 Å². The molecule has 0 saturated heterocycles. The zero-order chi connectivity index (χ0) is 8.91. The van der Waals surface area contributed by atoms with Crippen LogP contribution >= 0.6 is 0 Å². The van der Waals surface area contributed by atoms with E-state index in [1.807, 2.05) is 20.8 Å². The highest BCUT2D eigenvalue weighted by Crippen LogP contribution is 2.28. The molecule has 64 valence electrons. The van der Waals surface area contributed by atoms with E-state index in [9.17, 15) is 4.79 Å². The van der Waals surface area contributed by atoms with Gasteiger partial charge in [-0.25, -0.2) is 0 Å². The molecule has 0 atom stereocenters. The van der Waals surface area contributed by atoms with E-state index in [-0.39, 0.29) is 0 Å². The van der Waals surface area contributed by atoms with Gasteiger partial charge in [0.05, 0.1) is 5.41 Å². The summed E-state index contributed by atoms with van der Waals surface area (Å²) in [5, 5.41) is 8.90. The fourth-order valence-corrected chi connectivity index (χ4v) is 1.18. The first-order chi connectivity index (χ1) is 5.13. The highest BCUT2D eigenvalue weighted by atomic mass is 16.4. The summed E-state index contributed by atoms with van der Waals surface area (Å²) in [6.07, 6.45) is 4.89. The highest BCUT2D eigenvalue weighted by Gasteiger charge is 2.30. The van der Waals surface area contributed by atoms with Crippen molar-refractivity contribution < 1.29 is 9.90 Å². The lowest BCUT2D eigenvalue weighted by Crippen LogP contribution is -2.26. The minimum atomic E-state index is -0.722. The van der Waals surface area contributed by atoms with Crippen LogP contribution in [0.3, 0.4) is 0 Å². The van der Waals surface area contributed by atoms with Gasteiger partial charge < -0.3 is 5.11 Å². The molecule has 0 rings (SSSR count). The van der Waals surface area contributed by atoms with Gasteiger partial charge >= 0.3 is 5.97 Å². The Morgan fingerprint density at radius 1 is 1.45 bits per heavy atom. The molecule has 0 aliphatic heterocycles. The van der Waals surface area contributed by atoms with E-state index >= 15 is 0 Å². The second-order valence-electron chi connectivity index (χ2n) is 2.67. The van der Waals surface area contributed by atoms with E-state index in [4.69, 9.17) is 5.11 Å². The molecule has 1 N–H and O–H groups in total. The van der Waals surface area contributed by atoms with Gasteiger partial charge in [-0.3, -0.25) is 4.79 Å². The van der Waals surface area contributed by atoms with Gasteiger partial charge in [-0.15, -0.1) is 0 Å². The first-order valence-electron chi connectivity index (χ1n) is 4.00. The maximum Gasteiger partial charge on any atom is 0.313 e. The van der Waals surface area contributed by atoms with Gasteiger partial charge in [-0.05, 0) is 19.8 Å². The molecule has 0 aromatic rings. The van der Waals surface area contributed by atoms with Crippen LogP contribution in [0.4, 0.5) is 0 Å². The van der Waals surface area contributed by atoms with Crippen LogP contribution in [0.1, 0.15) is 33.6 Å². The van der Waals surface area contributed by atoms with Crippen LogP contribution in [0.15, 0.2) is 12.2 Å². The maximum absolute atomic E-state index is 10.8. The molecular formula is C9H16O2. The molecule has 0 amide bonds. The first kappa shape index (κ1) is 10.2. The van der Waals surface area contributed by atoms with E-state index in [1.165, 1.54) is 0 Å². The Labute approximate surface area is 67.9 Å². The lowest BCUT2D eigenvalue weighted by molar-refractivity contribution is -0.146. The maximum atomic E-state index is 10.8. The number of hydrogen-bond acceptors (Lipinski definition) is 1. The Morgan fingerprint density at radius 3 is 2.00 bits per heavy atom. The van der Waals surface area contributed by atoms with Crippen LogP contribution < -0.4 is 0 Å². The fourth-order valence-electron chi connectivity index (χ4n) is 1.18. The number of carboxylic acids is 1. The molecule has 11 heavy (non-hydrogen) atoms. The van der Waals surface area contributed by atoms with Crippen molar-refractivity contribution in [3.8, 4) is 0 Å². The Kier molecular flexibility index (Phi) is 3.86. The van der Waals surface area contributed by atoms with Gasteiger partial charge in [0, 0.05) is 0 Å². The number of hydrogen-bond donors (Lipinski definition) is 1. The molecule has 0 aliphatic carbocycles. The molecular weight excluding hydrogens is 140 g/mol. The Balaban J connectivity index is 4.60. The van der Waals surface area contributed by atoms with Gasteiger partial charge in [0.15, 0.2) is 0 Å². The van der Waals surface area contributed by atoms with Crippen molar-refractivity contribution in [2.24, 2.45) is 5.41 Å². The van der Waals surface area contributed by atoms with Gasteiger partial charge in [0.2, 0.25) is 0 Å². The molecule has 0 aliphatic rings. The van der Waals surface area contributed by atoms with E-state index in [2.05, 4.69) is 0 Å². The lowest BCUT2D eigenvalue weighted by Gasteiger charge is -2.21. The summed E-state index contributed by atoms with van der Waals surface area (Å²) in [5.74, 6) is -0.722. The monoisotopic (exact) mass is 156 g/mol. The van der Waals surface area contributed by atoms with Crippen LogP contribution in [0.25, 0.3) is 0 Å². The van der Waals surface area contributed by atoms with E-state index in [0.717, 1.165) is 0 Å². The molecule has 2 nitrogen and oxygen atoms in total. The van der Waals surface area contributed by atoms with Gasteiger partial charge in [0.1, 0.15) is 0 Å². The number of aliphatic carboxylic acids is 1. The fraction of sp³-hybridized carbons (Fsp3) is 0.667. The average Bonchev–Trinajstić information content (AvgIpc) is 2.00. The zero-order valence-corrected chi connectivity index (χ0v) is 7.42. The minimum absolute atomic E-state index is 0.630. The second kappa shape index (κ2) is 4.16. The largest absolute Gasteiger partial charge is 0.481 e.